The number of benzene rings is 1. The van der Waals surface area contributed by atoms with Crippen LogP contribution in [0.4, 0.5) is 5.69 Å². The normalized spacial score (nSPS) is 18.6. The predicted octanol–water partition coefficient (Wildman–Crippen LogP) is 0.500. The molecule has 1 aliphatic heterocycles. The van der Waals surface area contributed by atoms with Gasteiger partial charge in [-0.1, -0.05) is 12.1 Å². The van der Waals surface area contributed by atoms with Crippen LogP contribution in [0.2, 0.25) is 0 Å². The summed E-state index contributed by atoms with van der Waals surface area (Å²) in [6.07, 6.45) is 0.0279. The molecule has 0 aliphatic carbocycles. The van der Waals surface area contributed by atoms with Gasteiger partial charge in [0.05, 0.1) is 18.3 Å². The van der Waals surface area contributed by atoms with E-state index in [1.807, 2.05) is 32.0 Å². The molecule has 1 saturated heterocycles. The molecular weight excluding hydrogens is 258 g/mol. The highest BCUT2D eigenvalue weighted by Gasteiger charge is 2.24. The highest BCUT2D eigenvalue weighted by molar-refractivity contribution is 5.97. The molecule has 6 nitrogen and oxygen atoms in total. The van der Waals surface area contributed by atoms with Crippen LogP contribution in [0, 0.1) is 0 Å². The van der Waals surface area contributed by atoms with Crippen molar-refractivity contribution < 1.29 is 14.3 Å². The summed E-state index contributed by atoms with van der Waals surface area (Å²) in [5, 5.41) is 8.36. The van der Waals surface area contributed by atoms with E-state index in [1.54, 1.807) is 6.07 Å². The molecule has 1 heterocycles. The summed E-state index contributed by atoms with van der Waals surface area (Å²) in [5.41, 5.74) is 0.630. The fraction of sp³-hybridized carbons (Fsp3) is 0.429. The Bertz CT molecular complexity index is 492. The minimum absolute atomic E-state index is 0.0279. The molecule has 0 spiro atoms. The van der Waals surface area contributed by atoms with Crippen molar-refractivity contribution in [3.8, 4) is 5.75 Å². The third kappa shape index (κ3) is 3.71. The van der Waals surface area contributed by atoms with Crippen LogP contribution in [0.25, 0.3) is 0 Å². The van der Waals surface area contributed by atoms with Crippen molar-refractivity contribution in [3.63, 3.8) is 0 Å². The van der Waals surface area contributed by atoms with E-state index < -0.39 is 6.04 Å². The zero-order chi connectivity index (χ0) is 14.5. The van der Waals surface area contributed by atoms with Crippen LogP contribution >= 0.6 is 0 Å². The van der Waals surface area contributed by atoms with Crippen LogP contribution in [-0.2, 0) is 9.59 Å². The Morgan fingerprint density at radius 1 is 1.40 bits per heavy atom. The molecule has 1 aliphatic rings. The first kappa shape index (κ1) is 14.3. The fourth-order valence-electron chi connectivity index (χ4n) is 1.90. The summed E-state index contributed by atoms with van der Waals surface area (Å²) >= 11 is 0. The number of para-hydroxylation sites is 2. The quantitative estimate of drug-likeness (QED) is 0.749. The summed E-state index contributed by atoms with van der Waals surface area (Å²) in [6, 6.07) is 6.86. The highest BCUT2D eigenvalue weighted by Crippen LogP contribution is 2.24. The van der Waals surface area contributed by atoms with Crippen molar-refractivity contribution in [1.29, 1.82) is 0 Å². The Balaban J connectivity index is 2.02. The molecule has 2 amide bonds. The van der Waals surface area contributed by atoms with Gasteiger partial charge in [0.2, 0.25) is 11.8 Å². The number of carbonyl (C=O) groups excluding carboxylic acids is 2. The maximum absolute atomic E-state index is 12.1. The first-order chi connectivity index (χ1) is 9.56. The SMILES string of the molecule is CC(C)Oc1ccccc1NC(=O)C1CNC(=O)CN1. The van der Waals surface area contributed by atoms with Gasteiger partial charge in [-0.2, -0.15) is 0 Å². The van der Waals surface area contributed by atoms with Crippen molar-refractivity contribution in [2.75, 3.05) is 18.4 Å². The second kappa shape index (κ2) is 6.38. The lowest BCUT2D eigenvalue weighted by Gasteiger charge is -2.23. The zero-order valence-electron chi connectivity index (χ0n) is 11.6. The molecule has 0 bridgehead atoms. The van der Waals surface area contributed by atoms with Crippen LogP contribution in [-0.4, -0.2) is 37.0 Å². The van der Waals surface area contributed by atoms with E-state index in [1.165, 1.54) is 0 Å². The molecule has 1 aromatic carbocycles. The molecule has 2 rings (SSSR count). The Kier molecular flexibility index (Phi) is 4.57. The number of ether oxygens (including phenoxy) is 1. The van der Waals surface area contributed by atoms with E-state index >= 15 is 0 Å². The van der Waals surface area contributed by atoms with Gasteiger partial charge in [-0.25, -0.2) is 0 Å². The summed E-state index contributed by atoms with van der Waals surface area (Å²) in [6.45, 7) is 4.30. The molecule has 1 aromatic rings. The Morgan fingerprint density at radius 3 is 2.80 bits per heavy atom. The molecule has 1 fully saturated rings. The summed E-state index contributed by atoms with van der Waals surface area (Å²) in [4.78, 5) is 23.2. The summed E-state index contributed by atoms with van der Waals surface area (Å²) in [5.74, 6) is 0.345. The monoisotopic (exact) mass is 277 g/mol. The Labute approximate surface area is 117 Å². The molecule has 108 valence electrons. The third-order valence-corrected chi connectivity index (χ3v) is 2.84. The largest absolute Gasteiger partial charge is 0.489 e. The van der Waals surface area contributed by atoms with E-state index in [9.17, 15) is 9.59 Å². The Hall–Kier alpha value is -2.08. The van der Waals surface area contributed by atoms with Crippen LogP contribution < -0.4 is 20.7 Å². The Morgan fingerprint density at radius 2 is 2.15 bits per heavy atom. The van der Waals surface area contributed by atoms with Crippen LogP contribution in [0.15, 0.2) is 24.3 Å². The van der Waals surface area contributed by atoms with Crippen molar-refractivity contribution in [1.82, 2.24) is 10.6 Å². The van der Waals surface area contributed by atoms with E-state index in [0.29, 0.717) is 11.4 Å². The third-order valence-electron chi connectivity index (χ3n) is 2.84. The van der Waals surface area contributed by atoms with Gasteiger partial charge >= 0.3 is 0 Å². The number of nitrogens with one attached hydrogen (secondary N) is 3. The van der Waals surface area contributed by atoms with Gasteiger partial charge in [0.15, 0.2) is 0 Å². The van der Waals surface area contributed by atoms with Crippen LogP contribution in [0.5, 0.6) is 5.75 Å². The molecule has 0 saturated carbocycles. The van der Waals surface area contributed by atoms with Crippen LogP contribution in [0.1, 0.15) is 13.8 Å². The number of carbonyl (C=O) groups is 2. The lowest BCUT2D eigenvalue weighted by molar-refractivity contribution is -0.124. The maximum atomic E-state index is 12.1. The minimum Gasteiger partial charge on any atom is -0.489 e. The standard InChI is InChI=1S/C14H19N3O3/c1-9(2)20-12-6-4-3-5-10(12)17-14(19)11-7-16-13(18)8-15-11/h3-6,9,11,15H,7-8H2,1-2H3,(H,16,18)(H,17,19). The number of rotatable bonds is 4. The summed E-state index contributed by atoms with van der Waals surface area (Å²) in [7, 11) is 0. The molecular formula is C14H19N3O3. The molecule has 1 atom stereocenters. The minimum atomic E-state index is -0.431. The van der Waals surface area contributed by atoms with Gasteiger partial charge in [0.1, 0.15) is 11.8 Å². The molecule has 0 radical (unpaired) electrons. The van der Waals surface area contributed by atoms with E-state index in [4.69, 9.17) is 4.74 Å². The first-order valence-electron chi connectivity index (χ1n) is 6.63. The summed E-state index contributed by atoms with van der Waals surface area (Å²) < 4.78 is 5.65. The van der Waals surface area contributed by atoms with Crippen molar-refractivity contribution >= 4 is 17.5 Å². The zero-order valence-corrected chi connectivity index (χ0v) is 11.6. The molecule has 0 aromatic heterocycles. The van der Waals surface area contributed by atoms with Gasteiger partial charge in [-0.15, -0.1) is 0 Å². The number of anilines is 1. The van der Waals surface area contributed by atoms with Crippen molar-refractivity contribution in [2.24, 2.45) is 0 Å². The van der Waals surface area contributed by atoms with E-state index in [-0.39, 0.29) is 31.0 Å². The highest BCUT2D eigenvalue weighted by atomic mass is 16.5. The van der Waals surface area contributed by atoms with Gasteiger partial charge in [-0.05, 0) is 26.0 Å². The maximum Gasteiger partial charge on any atom is 0.243 e. The van der Waals surface area contributed by atoms with E-state index in [2.05, 4.69) is 16.0 Å². The van der Waals surface area contributed by atoms with E-state index in [0.717, 1.165) is 0 Å². The lowest BCUT2D eigenvalue weighted by Crippen LogP contribution is -2.56. The first-order valence-corrected chi connectivity index (χ1v) is 6.63. The lowest BCUT2D eigenvalue weighted by atomic mass is 10.2. The topological polar surface area (TPSA) is 79.5 Å². The number of amides is 2. The van der Waals surface area contributed by atoms with Gasteiger partial charge < -0.3 is 15.4 Å². The number of piperazine rings is 1. The molecule has 20 heavy (non-hydrogen) atoms. The molecule has 6 heteroatoms. The van der Waals surface area contributed by atoms with Gasteiger partial charge in [0, 0.05) is 6.54 Å². The van der Waals surface area contributed by atoms with Crippen LogP contribution in [0.3, 0.4) is 0 Å². The predicted molar refractivity (Wildman–Crippen MR) is 75.6 cm³/mol. The number of hydrogen-bond acceptors (Lipinski definition) is 4. The van der Waals surface area contributed by atoms with Gasteiger partial charge in [-0.3, -0.25) is 14.9 Å². The average molecular weight is 277 g/mol. The second-order valence-electron chi connectivity index (χ2n) is 4.89. The molecule has 1 unspecified atom stereocenters. The smallest absolute Gasteiger partial charge is 0.243 e. The van der Waals surface area contributed by atoms with Gasteiger partial charge in [0.25, 0.3) is 0 Å². The second-order valence-corrected chi connectivity index (χ2v) is 4.89. The van der Waals surface area contributed by atoms with Crippen molar-refractivity contribution in [2.45, 2.75) is 26.0 Å². The molecule has 3 N–H and O–H groups in total. The average Bonchev–Trinajstić information content (AvgIpc) is 2.41. The fourth-order valence-corrected chi connectivity index (χ4v) is 1.90. The number of hydrogen-bond donors (Lipinski definition) is 3. The van der Waals surface area contributed by atoms with Crippen molar-refractivity contribution in [3.05, 3.63) is 24.3 Å².